The molecule has 0 spiro atoms. The lowest BCUT2D eigenvalue weighted by Crippen LogP contribution is -1.97. The van der Waals surface area contributed by atoms with Crippen molar-refractivity contribution in [1.29, 1.82) is 5.26 Å². The zero-order valence-electron chi connectivity index (χ0n) is 7.45. The molecule has 0 unspecified atom stereocenters. The van der Waals surface area contributed by atoms with Gasteiger partial charge in [0.1, 0.15) is 0 Å². The summed E-state index contributed by atoms with van der Waals surface area (Å²) in [7, 11) is 0. The Bertz CT molecular complexity index is 424. The van der Waals surface area contributed by atoms with Gasteiger partial charge in [-0.05, 0) is 18.6 Å². The lowest BCUT2D eigenvalue weighted by molar-refractivity contribution is -0.385. The van der Waals surface area contributed by atoms with Crippen LogP contribution in [0, 0.1) is 28.4 Å². The minimum Gasteiger partial charge on any atom is -0.258 e. The van der Waals surface area contributed by atoms with E-state index in [-0.39, 0.29) is 22.7 Å². The molecule has 0 saturated heterocycles. The molecular formula is C9H7ClN2O2. The van der Waals surface area contributed by atoms with Crippen molar-refractivity contribution >= 4 is 17.3 Å². The van der Waals surface area contributed by atoms with E-state index >= 15 is 0 Å². The second-order valence-corrected chi connectivity index (χ2v) is 3.08. The van der Waals surface area contributed by atoms with Crippen LogP contribution in [-0.4, -0.2) is 4.92 Å². The predicted octanol–water partition coefficient (Wildman–Crippen LogP) is 2.51. The van der Waals surface area contributed by atoms with Gasteiger partial charge < -0.3 is 0 Å². The number of halogens is 1. The number of benzene rings is 1. The number of hydrogen-bond acceptors (Lipinski definition) is 3. The molecule has 1 rings (SSSR count). The van der Waals surface area contributed by atoms with E-state index in [0.29, 0.717) is 5.56 Å². The number of nitrogens with zero attached hydrogens (tertiary/aromatic N) is 2. The molecule has 0 aliphatic rings. The highest BCUT2D eigenvalue weighted by Gasteiger charge is 2.17. The van der Waals surface area contributed by atoms with Crippen molar-refractivity contribution in [2.75, 3.05) is 0 Å². The molecule has 0 aliphatic carbocycles. The first-order chi connectivity index (χ1) is 6.60. The third-order valence-electron chi connectivity index (χ3n) is 1.82. The SMILES string of the molecule is Cc1cc(C#N)c(CCl)c([N+](=O)[O-])c1. The van der Waals surface area contributed by atoms with Gasteiger partial charge in [-0.25, -0.2) is 0 Å². The number of nitro benzene ring substituents is 1. The van der Waals surface area contributed by atoms with Crippen molar-refractivity contribution in [1.82, 2.24) is 0 Å². The normalized spacial score (nSPS) is 9.50. The van der Waals surface area contributed by atoms with Gasteiger partial charge >= 0.3 is 0 Å². The molecule has 4 nitrogen and oxygen atoms in total. The zero-order chi connectivity index (χ0) is 10.7. The van der Waals surface area contributed by atoms with Crippen molar-refractivity contribution in [3.05, 3.63) is 38.9 Å². The fourth-order valence-corrected chi connectivity index (χ4v) is 1.48. The molecule has 1 aromatic carbocycles. The Balaban J connectivity index is 3.49. The summed E-state index contributed by atoms with van der Waals surface area (Å²) in [5.41, 5.74) is 1.15. The summed E-state index contributed by atoms with van der Waals surface area (Å²) in [6.07, 6.45) is 0. The Hall–Kier alpha value is -1.60. The molecule has 5 heteroatoms. The van der Waals surface area contributed by atoms with Crippen molar-refractivity contribution in [3.8, 4) is 6.07 Å². The van der Waals surface area contributed by atoms with Crippen molar-refractivity contribution < 1.29 is 4.92 Å². The second kappa shape index (κ2) is 4.07. The van der Waals surface area contributed by atoms with E-state index < -0.39 is 4.92 Å². The molecule has 1 aromatic rings. The van der Waals surface area contributed by atoms with Gasteiger partial charge in [0.25, 0.3) is 5.69 Å². The van der Waals surface area contributed by atoms with Crippen LogP contribution in [0.4, 0.5) is 5.69 Å². The van der Waals surface area contributed by atoms with Crippen molar-refractivity contribution in [2.24, 2.45) is 0 Å². The van der Waals surface area contributed by atoms with Gasteiger partial charge in [-0.3, -0.25) is 10.1 Å². The molecule has 0 N–H and O–H groups in total. The Morgan fingerprint density at radius 2 is 2.29 bits per heavy atom. The molecule has 0 radical (unpaired) electrons. The minimum atomic E-state index is -0.522. The van der Waals surface area contributed by atoms with E-state index in [2.05, 4.69) is 0 Å². The summed E-state index contributed by atoms with van der Waals surface area (Å²) in [6.45, 7) is 1.70. The molecular weight excluding hydrogens is 204 g/mol. The number of rotatable bonds is 2. The molecule has 0 atom stereocenters. The summed E-state index contributed by atoms with van der Waals surface area (Å²) in [5, 5.41) is 19.4. The van der Waals surface area contributed by atoms with Gasteiger partial charge in [0.05, 0.1) is 28.0 Å². The lowest BCUT2D eigenvalue weighted by atomic mass is 10.0. The maximum atomic E-state index is 10.6. The van der Waals surface area contributed by atoms with Gasteiger partial charge in [-0.2, -0.15) is 5.26 Å². The standard InChI is InChI=1S/C9H7ClN2O2/c1-6-2-7(5-11)8(4-10)9(3-6)12(13)14/h2-3H,4H2,1H3. The van der Waals surface area contributed by atoms with Crippen LogP contribution >= 0.6 is 11.6 Å². The fraction of sp³-hybridized carbons (Fsp3) is 0.222. The quantitative estimate of drug-likeness (QED) is 0.428. The van der Waals surface area contributed by atoms with Crippen LogP contribution in [0.5, 0.6) is 0 Å². The zero-order valence-corrected chi connectivity index (χ0v) is 8.21. The number of aryl methyl sites for hydroxylation is 1. The van der Waals surface area contributed by atoms with E-state index in [9.17, 15) is 10.1 Å². The van der Waals surface area contributed by atoms with E-state index in [1.54, 1.807) is 13.0 Å². The highest BCUT2D eigenvalue weighted by atomic mass is 35.5. The summed E-state index contributed by atoms with van der Waals surface area (Å²) < 4.78 is 0. The van der Waals surface area contributed by atoms with Crippen molar-refractivity contribution in [3.63, 3.8) is 0 Å². The molecule has 14 heavy (non-hydrogen) atoms. The minimum absolute atomic E-state index is 0.0283. The molecule has 0 fully saturated rings. The molecule has 0 aromatic heterocycles. The number of alkyl halides is 1. The van der Waals surface area contributed by atoms with Gasteiger partial charge in [0, 0.05) is 6.07 Å². The first-order valence-corrected chi connectivity index (χ1v) is 4.37. The van der Waals surface area contributed by atoms with E-state index in [1.807, 2.05) is 6.07 Å². The van der Waals surface area contributed by atoms with E-state index in [0.717, 1.165) is 0 Å². The summed E-state index contributed by atoms with van der Waals surface area (Å²) in [5.74, 6) is -0.0283. The summed E-state index contributed by atoms with van der Waals surface area (Å²) in [6, 6.07) is 4.90. The van der Waals surface area contributed by atoms with Gasteiger partial charge in [-0.15, -0.1) is 11.6 Å². The van der Waals surface area contributed by atoms with Crippen LogP contribution in [0.2, 0.25) is 0 Å². The molecule has 72 valence electrons. The number of nitriles is 1. The Kier molecular flexibility index (Phi) is 3.05. The summed E-state index contributed by atoms with van der Waals surface area (Å²) >= 11 is 5.56. The van der Waals surface area contributed by atoms with Crippen LogP contribution in [-0.2, 0) is 5.88 Å². The van der Waals surface area contributed by atoms with E-state index in [4.69, 9.17) is 16.9 Å². The molecule has 0 bridgehead atoms. The third-order valence-corrected chi connectivity index (χ3v) is 2.09. The van der Waals surface area contributed by atoms with Crippen LogP contribution in [0.3, 0.4) is 0 Å². The maximum absolute atomic E-state index is 10.6. The largest absolute Gasteiger partial charge is 0.275 e. The van der Waals surface area contributed by atoms with Crippen LogP contribution in [0.25, 0.3) is 0 Å². The molecule has 0 heterocycles. The number of hydrogen-bond donors (Lipinski definition) is 0. The molecule has 0 amide bonds. The summed E-state index contributed by atoms with van der Waals surface area (Å²) in [4.78, 5) is 10.1. The number of nitro groups is 1. The average molecular weight is 211 g/mol. The predicted molar refractivity (Wildman–Crippen MR) is 52.1 cm³/mol. The maximum Gasteiger partial charge on any atom is 0.275 e. The molecule has 0 aliphatic heterocycles. The second-order valence-electron chi connectivity index (χ2n) is 2.81. The molecule has 0 saturated carbocycles. The Morgan fingerprint density at radius 1 is 1.64 bits per heavy atom. The topological polar surface area (TPSA) is 66.9 Å². The van der Waals surface area contributed by atoms with Gasteiger partial charge in [0.2, 0.25) is 0 Å². The first kappa shape index (κ1) is 10.5. The Morgan fingerprint density at radius 3 is 2.71 bits per heavy atom. The lowest BCUT2D eigenvalue weighted by Gasteiger charge is -2.02. The fourth-order valence-electron chi connectivity index (χ4n) is 1.20. The monoisotopic (exact) mass is 210 g/mol. The highest BCUT2D eigenvalue weighted by Crippen LogP contribution is 2.25. The Labute approximate surface area is 85.9 Å². The van der Waals surface area contributed by atoms with Gasteiger partial charge in [0.15, 0.2) is 0 Å². The third kappa shape index (κ3) is 1.83. The van der Waals surface area contributed by atoms with E-state index in [1.165, 1.54) is 6.07 Å². The van der Waals surface area contributed by atoms with Crippen LogP contribution in [0.1, 0.15) is 16.7 Å². The highest BCUT2D eigenvalue weighted by molar-refractivity contribution is 6.17. The van der Waals surface area contributed by atoms with Crippen LogP contribution in [0.15, 0.2) is 12.1 Å². The first-order valence-electron chi connectivity index (χ1n) is 3.84. The smallest absolute Gasteiger partial charge is 0.258 e. The average Bonchev–Trinajstić information content (AvgIpc) is 2.16. The van der Waals surface area contributed by atoms with Gasteiger partial charge in [-0.1, -0.05) is 0 Å². The van der Waals surface area contributed by atoms with Crippen molar-refractivity contribution in [2.45, 2.75) is 12.8 Å². The van der Waals surface area contributed by atoms with Crippen LogP contribution < -0.4 is 0 Å².